The summed E-state index contributed by atoms with van der Waals surface area (Å²) < 4.78 is 25.5. The Morgan fingerprint density at radius 1 is 1.07 bits per heavy atom. The van der Waals surface area contributed by atoms with Gasteiger partial charge >= 0.3 is 0 Å². The maximum atomic E-state index is 13.5. The Morgan fingerprint density at radius 2 is 1.87 bits per heavy atom. The number of rotatable bonds is 6. The van der Waals surface area contributed by atoms with Crippen LogP contribution in [-0.4, -0.2) is 7.11 Å². The predicted octanol–water partition coefficient (Wildman–Crippen LogP) is 6.11. The van der Waals surface area contributed by atoms with Crippen LogP contribution < -0.4 is 9.47 Å². The third kappa shape index (κ3) is 4.86. The van der Waals surface area contributed by atoms with Gasteiger partial charge in [0.1, 0.15) is 12.4 Å². The molecule has 0 fully saturated rings. The third-order valence-electron chi connectivity index (χ3n) is 4.36. The molecular formula is C24H16BrFN2O2. The summed E-state index contributed by atoms with van der Waals surface area (Å²) in [5, 5.41) is 18.7. The normalized spacial score (nSPS) is 10.8. The summed E-state index contributed by atoms with van der Waals surface area (Å²) in [4.78, 5) is 0. The summed E-state index contributed by atoms with van der Waals surface area (Å²) >= 11 is 3.49. The summed E-state index contributed by atoms with van der Waals surface area (Å²) in [5.74, 6) is 0.542. The lowest BCUT2D eigenvalue weighted by Crippen LogP contribution is -2.00. The van der Waals surface area contributed by atoms with E-state index in [9.17, 15) is 14.9 Å². The van der Waals surface area contributed by atoms with Crippen LogP contribution >= 0.6 is 15.9 Å². The first kappa shape index (κ1) is 21.1. The van der Waals surface area contributed by atoms with Crippen molar-refractivity contribution in [3.8, 4) is 23.6 Å². The zero-order valence-electron chi connectivity index (χ0n) is 16.0. The van der Waals surface area contributed by atoms with E-state index in [0.29, 0.717) is 38.2 Å². The van der Waals surface area contributed by atoms with Gasteiger partial charge in [0.15, 0.2) is 11.5 Å². The Kier molecular flexibility index (Phi) is 6.85. The van der Waals surface area contributed by atoms with Gasteiger partial charge in [-0.2, -0.15) is 10.5 Å². The van der Waals surface area contributed by atoms with E-state index in [0.717, 1.165) is 5.56 Å². The first-order valence-electron chi connectivity index (χ1n) is 8.91. The number of nitriles is 2. The largest absolute Gasteiger partial charge is 0.493 e. The zero-order valence-corrected chi connectivity index (χ0v) is 17.6. The van der Waals surface area contributed by atoms with Crippen LogP contribution in [0.1, 0.15) is 22.3 Å². The Hall–Kier alpha value is -3.61. The van der Waals surface area contributed by atoms with Gasteiger partial charge in [0, 0.05) is 10.0 Å². The van der Waals surface area contributed by atoms with E-state index in [4.69, 9.17) is 9.47 Å². The van der Waals surface area contributed by atoms with Crippen molar-refractivity contribution in [1.29, 1.82) is 10.5 Å². The Balaban J connectivity index is 1.92. The maximum Gasteiger partial charge on any atom is 0.162 e. The number of halogens is 2. The highest BCUT2D eigenvalue weighted by Gasteiger charge is 2.12. The van der Waals surface area contributed by atoms with E-state index in [1.165, 1.54) is 19.2 Å². The second-order valence-corrected chi connectivity index (χ2v) is 7.12. The van der Waals surface area contributed by atoms with Crippen molar-refractivity contribution in [2.24, 2.45) is 0 Å². The molecule has 0 aliphatic carbocycles. The van der Waals surface area contributed by atoms with Gasteiger partial charge in [-0.25, -0.2) is 4.39 Å². The minimum Gasteiger partial charge on any atom is -0.493 e. The Bertz CT molecular complexity index is 1190. The second kappa shape index (κ2) is 9.73. The summed E-state index contributed by atoms with van der Waals surface area (Å²) in [6, 6.07) is 20.8. The van der Waals surface area contributed by atoms with Gasteiger partial charge < -0.3 is 9.47 Å². The van der Waals surface area contributed by atoms with Crippen molar-refractivity contribution in [3.63, 3.8) is 0 Å². The molecule has 0 spiro atoms. The van der Waals surface area contributed by atoms with Gasteiger partial charge in [0.25, 0.3) is 0 Å². The molecule has 0 amide bonds. The molecule has 0 radical (unpaired) electrons. The predicted molar refractivity (Wildman–Crippen MR) is 116 cm³/mol. The van der Waals surface area contributed by atoms with E-state index in [1.54, 1.807) is 42.5 Å². The SMILES string of the molecule is COc1cc(/C=C(/C#N)c2cccc(F)c2)c(Br)cc1OCc1ccccc1C#N. The molecule has 6 heteroatoms. The summed E-state index contributed by atoms with van der Waals surface area (Å²) in [5.41, 5.74) is 2.78. The summed E-state index contributed by atoms with van der Waals surface area (Å²) in [6.45, 7) is 0.203. The molecule has 0 bridgehead atoms. The van der Waals surface area contributed by atoms with Crippen molar-refractivity contribution in [1.82, 2.24) is 0 Å². The van der Waals surface area contributed by atoms with Crippen LogP contribution in [0.5, 0.6) is 11.5 Å². The quantitative estimate of drug-likeness (QED) is 0.327. The lowest BCUT2D eigenvalue weighted by molar-refractivity contribution is 0.284. The Labute approximate surface area is 182 Å². The number of ether oxygens (including phenoxy) is 2. The van der Waals surface area contributed by atoms with E-state index in [-0.39, 0.29) is 6.61 Å². The first-order valence-corrected chi connectivity index (χ1v) is 9.71. The smallest absolute Gasteiger partial charge is 0.162 e. The van der Waals surface area contributed by atoms with Crippen LogP contribution in [0.25, 0.3) is 11.6 Å². The van der Waals surface area contributed by atoms with Crippen molar-refractivity contribution < 1.29 is 13.9 Å². The van der Waals surface area contributed by atoms with Crippen molar-refractivity contribution in [2.75, 3.05) is 7.11 Å². The van der Waals surface area contributed by atoms with Gasteiger partial charge in [-0.1, -0.05) is 46.3 Å². The molecule has 0 N–H and O–H groups in total. The highest BCUT2D eigenvalue weighted by atomic mass is 79.9. The van der Waals surface area contributed by atoms with Gasteiger partial charge in [-0.3, -0.25) is 0 Å². The number of benzene rings is 3. The van der Waals surface area contributed by atoms with Gasteiger partial charge in [-0.05, 0) is 47.5 Å². The molecule has 3 aromatic carbocycles. The molecule has 148 valence electrons. The van der Waals surface area contributed by atoms with Crippen LogP contribution in [0.3, 0.4) is 0 Å². The number of allylic oxidation sites excluding steroid dienone is 1. The molecule has 0 aliphatic heterocycles. The van der Waals surface area contributed by atoms with Gasteiger partial charge in [0.05, 0.1) is 30.4 Å². The van der Waals surface area contributed by atoms with Crippen LogP contribution in [0, 0.1) is 28.5 Å². The molecule has 30 heavy (non-hydrogen) atoms. The summed E-state index contributed by atoms with van der Waals surface area (Å²) in [6.07, 6.45) is 1.65. The molecular weight excluding hydrogens is 447 g/mol. The molecule has 3 aromatic rings. The maximum absolute atomic E-state index is 13.5. The van der Waals surface area contributed by atoms with Crippen molar-refractivity contribution in [3.05, 3.63) is 93.2 Å². The van der Waals surface area contributed by atoms with Crippen LogP contribution in [0.4, 0.5) is 4.39 Å². The second-order valence-electron chi connectivity index (χ2n) is 6.26. The molecule has 0 saturated carbocycles. The zero-order chi connectivity index (χ0) is 21.5. The molecule has 0 heterocycles. The van der Waals surface area contributed by atoms with Crippen molar-refractivity contribution >= 4 is 27.6 Å². The average Bonchev–Trinajstić information content (AvgIpc) is 2.77. The monoisotopic (exact) mass is 462 g/mol. The van der Waals surface area contributed by atoms with E-state index < -0.39 is 5.82 Å². The highest BCUT2D eigenvalue weighted by Crippen LogP contribution is 2.36. The van der Waals surface area contributed by atoms with Gasteiger partial charge in [-0.15, -0.1) is 0 Å². The fourth-order valence-electron chi connectivity index (χ4n) is 2.84. The number of hydrogen-bond donors (Lipinski definition) is 0. The topological polar surface area (TPSA) is 66.0 Å². The minimum atomic E-state index is -0.410. The molecule has 0 atom stereocenters. The van der Waals surface area contributed by atoms with Gasteiger partial charge in [0.2, 0.25) is 0 Å². The van der Waals surface area contributed by atoms with Crippen molar-refractivity contribution in [2.45, 2.75) is 6.61 Å². The lowest BCUT2D eigenvalue weighted by atomic mass is 10.0. The van der Waals surface area contributed by atoms with Crippen LogP contribution in [0.2, 0.25) is 0 Å². The minimum absolute atomic E-state index is 0.203. The molecule has 0 saturated heterocycles. The molecule has 0 aliphatic rings. The van der Waals surface area contributed by atoms with E-state index >= 15 is 0 Å². The average molecular weight is 463 g/mol. The van der Waals surface area contributed by atoms with E-state index in [2.05, 4.69) is 28.1 Å². The molecule has 3 rings (SSSR count). The van der Waals surface area contributed by atoms with E-state index in [1.807, 2.05) is 12.1 Å². The molecule has 0 unspecified atom stereocenters. The standard InChI is InChI=1S/C24H16BrFN2O2/c1-29-23-11-19(9-20(14-28)16-7-4-8-21(26)10-16)22(25)12-24(23)30-15-18-6-3-2-5-17(18)13-27/h2-12H,15H2,1H3/b20-9-. The highest BCUT2D eigenvalue weighted by molar-refractivity contribution is 9.10. The number of nitrogens with zero attached hydrogens (tertiary/aromatic N) is 2. The summed E-state index contributed by atoms with van der Waals surface area (Å²) in [7, 11) is 1.52. The molecule has 0 aromatic heterocycles. The number of hydrogen-bond acceptors (Lipinski definition) is 4. The van der Waals surface area contributed by atoms with Crippen LogP contribution in [0.15, 0.2) is 65.1 Å². The fraction of sp³-hybridized carbons (Fsp3) is 0.0833. The van der Waals surface area contributed by atoms with Crippen LogP contribution in [-0.2, 0) is 6.61 Å². The number of methoxy groups -OCH3 is 1. The fourth-order valence-corrected chi connectivity index (χ4v) is 3.27. The Morgan fingerprint density at radius 3 is 2.57 bits per heavy atom. The third-order valence-corrected chi connectivity index (χ3v) is 5.05. The first-order chi connectivity index (χ1) is 14.5. The lowest BCUT2D eigenvalue weighted by Gasteiger charge is -2.13. The molecule has 4 nitrogen and oxygen atoms in total.